The minimum Gasteiger partial charge on any atom is -0.463 e. The number of furan rings is 1. The molecule has 0 radical (unpaired) electrons. The molecule has 0 aromatic carbocycles. The molecule has 0 spiro atoms. The van der Waals surface area contributed by atoms with Crippen molar-refractivity contribution >= 4 is 22.9 Å². The van der Waals surface area contributed by atoms with Gasteiger partial charge in [-0.05, 0) is 38.1 Å². The van der Waals surface area contributed by atoms with E-state index in [1.807, 2.05) is 0 Å². The molecule has 0 saturated heterocycles. The molecule has 8 nitrogen and oxygen atoms in total. The first-order valence-corrected chi connectivity index (χ1v) is 8.81. The van der Waals surface area contributed by atoms with Gasteiger partial charge in [-0.3, -0.25) is 10.1 Å². The number of anilines is 1. The SMILES string of the molecule is Cc1cc(C(F)(F)F)c2c(C)nn(CC(=O)Nc3nccc(-c4ccco4)n3)c2n1. The predicted molar refractivity (Wildman–Crippen MR) is 100 cm³/mol. The average Bonchev–Trinajstić information content (AvgIpc) is 3.30. The van der Waals surface area contributed by atoms with Crippen molar-refractivity contribution in [3.63, 3.8) is 0 Å². The van der Waals surface area contributed by atoms with Crippen LogP contribution in [0.2, 0.25) is 0 Å². The van der Waals surface area contributed by atoms with E-state index in [0.717, 1.165) is 10.7 Å². The molecule has 1 amide bonds. The fraction of sp³-hybridized carbons (Fsp3) is 0.211. The number of amides is 1. The van der Waals surface area contributed by atoms with Crippen LogP contribution < -0.4 is 5.32 Å². The number of nitrogens with zero attached hydrogens (tertiary/aromatic N) is 5. The van der Waals surface area contributed by atoms with Gasteiger partial charge in [-0.2, -0.15) is 18.3 Å². The minimum atomic E-state index is -4.56. The molecule has 0 saturated carbocycles. The van der Waals surface area contributed by atoms with E-state index in [2.05, 4.69) is 25.4 Å². The first-order chi connectivity index (χ1) is 14.2. The Morgan fingerprint density at radius 1 is 1.23 bits per heavy atom. The summed E-state index contributed by atoms with van der Waals surface area (Å²) in [7, 11) is 0. The number of carbonyl (C=O) groups excluding carboxylic acids is 1. The van der Waals surface area contributed by atoms with Crippen LogP contribution in [0.1, 0.15) is 17.0 Å². The molecule has 4 rings (SSSR count). The number of hydrogen-bond acceptors (Lipinski definition) is 6. The largest absolute Gasteiger partial charge is 0.463 e. The van der Waals surface area contributed by atoms with Crippen LogP contribution in [0.4, 0.5) is 19.1 Å². The summed E-state index contributed by atoms with van der Waals surface area (Å²) in [6, 6.07) is 5.99. The summed E-state index contributed by atoms with van der Waals surface area (Å²) in [6.07, 6.45) is -1.62. The van der Waals surface area contributed by atoms with Gasteiger partial charge in [-0.25, -0.2) is 19.6 Å². The molecule has 0 unspecified atom stereocenters. The lowest BCUT2D eigenvalue weighted by Gasteiger charge is -2.10. The van der Waals surface area contributed by atoms with E-state index in [0.29, 0.717) is 11.5 Å². The standard InChI is InChI=1S/C19H15F3N6O2/c1-10-8-12(19(20,21)22)16-11(2)27-28(17(16)24-10)9-15(29)26-18-23-6-5-13(25-18)14-4-3-7-30-14/h3-8H,9H2,1-2H3,(H,23,25,26,29). The van der Waals surface area contributed by atoms with E-state index >= 15 is 0 Å². The highest BCUT2D eigenvalue weighted by Crippen LogP contribution is 2.36. The molecule has 0 atom stereocenters. The van der Waals surface area contributed by atoms with Crippen LogP contribution in [0.15, 0.2) is 41.1 Å². The number of pyridine rings is 1. The molecular formula is C19H15F3N6O2. The Kier molecular flexibility index (Phi) is 4.72. The maximum absolute atomic E-state index is 13.4. The van der Waals surface area contributed by atoms with Crippen LogP contribution in [0.5, 0.6) is 0 Å². The predicted octanol–water partition coefficient (Wildman–Crippen LogP) is 3.76. The molecule has 30 heavy (non-hydrogen) atoms. The highest BCUT2D eigenvalue weighted by Gasteiger charge is 2.35. The molecule has 0 fully saturated rings. The molecule has 1 N–H and O–H groups in total. The average molecular weight is 416 g/mol. The Hall–Kier alpha value is -3.76. The first-order valence-electron chi connectivity index (χ1n) is 8.81. The zero-order valence-corrected chi connectivity index (χ0v) is 15.9. The highest BCUT2D eigenvalue weighted by molar-refractivity contribution is 5.90. The number of fused-ring (bicyclic) bond motifs is 1. The quantitative estimate of drug-likeness (QED) is 0.544. The zero-order valence-electron chi connectivity index (χ0n) is 15.9. The molecule has 4 heterocycles. The first kappa shape index (κ1) is 19.6. The Morgan fingerprint density at radius 2 is 2.03 bits per heavy atom. The van der Waals surface area contributed by atoms with Crippen LogP contribution >= 0.6 is 0 Å². The topological polar surface area (TPSA) is 98.7 Å². The maximum Gasteiger partial charge on any atom is 0.417 e. The van der Waals surface area contributed by atoms with Crippen molar-refractivity contribution in [3.05, 3.63) is 53.7 Å². The van der Waals surface area contributed by atoms with Gasteiger partial charge in [-0.15, -0.1) is 0 Å². The van der Waals surface area contributed by atoms with E-state index < -0.39 is 17.6 Å². The van der Waals surface area contributed by atoms with Gasteiger partial charge in [0.05, 0.1) is 22.9 Å². The summed E-state index contributed by atoms with van der Waals surface area (Å²) in [5, 5.41) is 6.47. The van der Waals surface area contributed by atoms with Crippen molar-refractivity contribution in [2.24, 2.45) is 0 Å². The number of nitrogens with one attached hydrogen (secondary N) is 1. The van der Waals surface area contributed by atoms with Gasteiger partial charge < -0.3 is 4.42 Å². The monoisotopic (exact) mass is 416 g/mol. The van der Waals surface area contributed by atoms with Gasteiger partial charge in [0, 0.05) is 11.9 Å². The van der Waals surface area contributed by atoms with Gasteiger partial charge in [0.25, 0.3) is 0 Å². The third kappa shape index (κ3) is 3.73. The second kappa shape index (κ2) is 7.25. The van der Waals surface area contributed by atoms with E-state index in [9.17, 15) is 18.0 Å². The van der Waals surface area contributed by atoms with Gasteiger partial charge in [0.15, 0.2) is 11.4 Å². The number of carbonyl (C=O) groups is 1. The second-order valence-electron chi connectivity index (χ2n) is 6.54. The van der Waals surface area contributed by atoms with Crippen molar-refractivity contribution in [1.29, 1.82) is 0 Å². The van der Waals surface area contributed by atoms with E-state index in [4.69, 9.17) is 4.42 Å². The molecule has 11 heteroatoms. The molecule has 154 valence electrons. The second-order valence-corrected chi connectivity index (χ2v) is 6.54. The third-order valence-electron chi connectivity index (χ3n) is 4.28. The van der Waals surface area contributed by atoms with Crippen molar-refractivity contribution in [3.8, 4) is 11.5 Å². The molecule has 0 aliphatic heterocycles. The fourth-order valence-corrected chi connectivity index (χ4v) is 3.09. The summed E-state index contributed by atoms with van der Waals surface area (Å²) < 4.78 is 46.7. The normalized spacial score (nSPS) is 11.8. The number of aryl methyl sites for hydroxylation is 2. The lowest BCUT2D eigenvalue weighted by Crippen LogP contribution is -2.21. The van der Waals surface area contributed by atoms with Gasteiger partial charge in [-0.1, -0.05) is 0 Å². The molecular weight excluding hydrogens is 401 g/mol. The lowest BCUT2D eigenvalue weighted by atomic mass is 10.1. The Balaban J connectivity index is 1.61. The van der Waals surface area contributed by atoms with Gasteiger partial charge >= 0.3 is 6.18 Å². The lowest BCUT2D eigenvalue weighted by molar-refractivity contribution is -0.136. The van der Waals surface area contributed by atoms with E-state index in [-0.39, 0.29) is 34.9 Å². The van der Waals surface area contributed by atoms with Crippen LogP contribution in [-0.2, 0) is 17.5 Å². The molecule has 0 aliphatic rings. The summed E-state index contributed by atoms with van der Waals surface area (Å²) in [5.41, 5.74) is -0.0683. The number of aromatic nitrogens is 5. The summed E-state index contributed by atoms with van der Waals surface area (Å²) in [6.45, 7) is 2.54. The van der Waals surface area contributed by atoms with Crippen molar-refractivity contribution in [2.75, 3.05) is 5.32 Å². The highest BCUT2D eigenvalue weighted by atomic mass is 19.4. The summed E-state index contributed by atoms with van der Waals surface area (Å²) in [4.78, 5) is 24.8. The molecule has 4 aromatic heterocycles. The molecule has 0 bridgehead atoms. The van der Waals surface area contributed by atoms with Crippen molar-refractivity contribution < 1.29 is 22.4 Å². The van der Waals surface area contributed by atoms with E-state index in [1.54, 1.807) is 18.2 Å². The van der Waals surface area contributed by atoms with Gasteiger partial charge in [0.1, 0.15) is 12.2 Å². The number of rotatable bonds is 4. The Labute approximate surface area is 167 Å². The van der Waals surface area contributed by atoms with Crippen LogP contribution in [0, 0.1) is 13.8 Å². The van der Waals surface area contributed by atoms with Crippen LogP contribution in [-0.4, -0.2) is 30.6 Å². The summed E-state index contributed by atoms with van der Waals surface area (Å²) in [5.74, 6) is -0.0315. The minimum absolute atomic E-state index is 0.0137. The van der Waals surface area contributed by atoms with Crippen molar-refractivity contribution in [1.82, 2.24) is 24.7 Å². The number of halogens is 3. The fourth-order valence-electron chi connectivity index (χ4n) is 3.09. The maximum atomic E-state index is 13.4. The third-order valence-corrected chi connectivity index (χ3v) is 4.28. The summed E-state index contributed by atoms with van der Waals surface area (Å²) >= 11 is 0. The van der Waals surface area contributed by atoms with E-state index in [1.165, 1.54) is 26.3 Å². The number of alkyl halides is 3. The van der Waals surface area contributed by atoms with Crippen LogP contribution in [0.25, 0.3) is 22.5 Å². The Morgan fingerprint density at radius 3 is 2.73 bits per heavy atom. The smallest absolute Gasteiger partial charge is 0.417 e. The zero-order chi connectivity index (χ0) is 21.5. The molecule has 0 aliphatic carbocycles. The van der Waals surface area contributed by atoms with Gasteiger partial charge in [0.2, 0.25) is 11.9 Å². The number of hydrogen-bond donors (Lipinski definition) is 1. The van der Waals surface area contributed by atoms with Crippen molar-refractivity contribution in [2.45, 2.75) is 26.6 Å². The molecule has 4 aromatic rings. The van der Waals surface area contributed by atoms with Crippen LogP contribution in [0.3, 0.4) is 0 Å². The Bertz CT molecular complexity index is 1230.